The lowest BCUT2D eigenvalue weighted by atomic mass is 9.88. The smallest absolute Gasteiger partial charge is 0.250 e. The number of likely N-dealkylation sites (N-methyl/N-ethyl adjacent to an activating group) is 1. The molecule has 1 unspecified atom stereocenters. The third-order valence-corrected chi connectivity index (χ3v) is 6.20. The fraction of sp³-hybridized carbons (Fsp3) is 0.500. The SMILES string of the molecule is Cc1ccc(CNC(=O)C2CN(C)CC3(CCN(Cc4cccnc4)CC3)O2)cc1. The number of likely N-dealkylation sites (tertiary alicyclic amines) is 1. The van der Waals surface area contributed by atoms with Gasteiger partial charge in [-0.2, -0.15) is 0 Å². The minimum atomic E-state index is -0.418. The van der Waals surface area contributed by atoms with Crippen LogP contribution in [0.1, 0.15) is 29.5 Å². The Labute approximate surface area is 179 Å². The zero-order valence-corrected chi connectivity index (χ0v) is 18.0. The standard InChI is InChI=1S/C24H32N4O2/c1-19-5-7-20(8-6-19)15-26-23(29)22-17-27(2)18-24(30-22)9-12-28(13-10-24)16-21-4-3-11-25-14-21/h3-8,11,14,22H,9-10,12-13,15-18H2,1-2H3,(H,26,29). The lowest BCUT2D eigenvalue weighted by Crippen LogP contribution is -2.61. The van der Waals surface area contributed by atoms with Gasteiger partial charge in [-0.3, -0.25) is 14.7 Å². The molecule has 3 heterocycles. The van der Waals surface area contributed by atoms with Crippen molar-refractivity contribution in [1.82, 2.24) is 20.1 Å². The van der Waals surface area contributed by atoms with Gasteiger partial charge in [0.1, 0.15) is 6.10 Å². The summed E-state index contributed by atoms with van der Waals surface area (Å²) in [5.74, 6) is -0.0145. The van der Waals surface area contributed by atoms with E-state index in [-0.39, 0.29) is 11.5 Å². The predicted molar refractivity (Wildman–Crippen MR) is 117 cm³/mol. The molecular formula is C24H32N4O2. The van der Waals surface area contributed by atoms with Crippen molar-refractivity contribution in [3.05, 3.63) is 65.5 Å². The summed E-state index contributed by atoms with van der Waals surface area (Å²) in [6, 6.07) is 12.4. The molecule has 4 rings (SSSR count). The molecular weight excluding hydrogens is 376 g/mol. The number of nitrogens with one attached hydrogen (secondary N) is 1. The van der Waals surface area contributed by atoms with E-state index in [1.165, 1.54) is 11.1 Å². The first kappa shape index (κ1) is 21.0. The maximum absolute atomic E-state index is 12.8. The van der Waals surface area contributed by atoms with Gasteiger partial charge in [0, 0.05) is 51.7 Å². The molecule has 0 aliphatic carbocycles. The molecule has 1 aromatic carbocycles. The number of morpholine rings is 1. The molecule has 1 amide bonds. The van der Waals surface area contributed by atoms with Gasteiger partial charge < -0.3 is 15.0 Å². The van der Waals surface area contributed by atoms with Crippen LogP contribution in [0.5, 0.6) is 0 Å². The number of carbonyl (C=O) groups is 1. The summed E-state index contributed by atoms with van der Waals surface area (Å²) in [4.78, 5) is 21.7. The average molecular weight is 409 g/mol. The highest BCUT2D eigenvalue weighted by Crippen LogP contribution is 2.32. The summed E-state index contributed by atoms with van der Waals surface area (Å²) in [6.07, 6.45) is 5.21. The second-order valence-electron chi connectivity index (χ2n) is 8.83. The molecule has 0 bridgehead atoms. The predicted octanol–water partition coefficient (Wildman–Crippen LogP) is 2.37. The van der Waals surface area contributed by atoms with E-state index >= 15 is 0 Å². The van der Waals surface area contributed by atoms with Crippen LogP contribution < -0.4 is 5.32 Å². The Hall–Kier alpha value is -2.28. The zero-order valence-electron chi connectivity index (χ0n) is 18.0. The highest BCUT2D eigenvalue weighted by molar-refractivity contribution is 5.81. The monoisotopic (exact) mass is 408 g/mol. The van der Waals surface area contributed by atoms with Crippen LogP contribution >= 0.6 is 0 Å². The minimum absolute atomic E-state index is 0.0145. The molecule has 0 radical (unpaired) electrons. The lowest BCUT2D eigenvalue weighted by Gasteiger charge is -2.48. The van der Waals surface area contributed by atoms with Crippen molar-refractivity contribution >= 4 is 5.91 Å². The van der Waals surface area contributed by atoms with Crippen LogP contribution in [0, 0.1) is 6.92 Å². The Morgan fingerprint density at radius 3 is 2.67 bits per heavy atom. The summed E-state index contributed by atoms with van der Waals surface area (Å²) in [5.41, 5.74) is 3.34. The summed E-state index contributed by atoms with van der Waals surface area (Å²) in [7, 11) is 2.09. The number of hydrogen-bond donors (Lipinski definition) is 1. The summed E-state index contributed by atoms with van der Waals surface area (Å²) < 4.78 is 6.46. The number of carbonyl (C=O) groups excluding carboxylic acids is 1. The van der Waals surface area contributed by atoms with E-state index in [1.54, 1.807) is 0 Å². The number of pyridine rings is 1. The third kappa shape index (κ3) is 5.25. The molecule has 30 heavy (non-hydrogen) atoms. The molecule has 2 aliphatic rings. The molecule has 160 valence electrons. The molecule has 2 aliphatic heterocycles. The number of amides is 1. The number of piperidine rings is 1. The number of hydrogen-bond acceptors (Lipinski definition) is 5. The molecule has 2 fully saturated rings. The molecule has 0 saturated carbocycles. The Morgan fingerprint density at radius 1 is 1.20 bits per heavy atom. The first-order chi connectivity index (χ1) is 14.5. The molecule has 2 saturated heterocycles. The van der Waals surface area contributed by atoms with Gasteiger partial charge >= 0.3 is 0 Å². The van der Waals surface area contributed by atoms with E-state index in [1.807, 2.05) is 18.5 Å². The van der Waals surface area contributed by atoms with Crippen molar-refractivity contribution in [2.45, 2.75) is 44.6 Å². The number of nitrogens with zero attached hydrogens (tertiary/aromatic N) is 3. The summed E-state index contributed by atoms with van der Waals surface area (Å²) in [6.45, 7) is 6.99. The number of rotatable bonds is 5. The van der Waals surface area contributed by atoms with Gasteiger partial charge in [0.25, 0.3) is 5.91 Å². The van der Waals surface area contributed by atoms with Gasteiger partial charge in [0.05, 0.1) is 5.60 Å². The van der Waals surface area contributed by atoms with E-state index in [4.69, 9.17) is 4.74 Å². The highest BCUT2D eigenvalue weighted by atomic mass is 16.5. The van der Waals surface area contributed by atoms with Crippen LogP contribution in [0.3, 0.4) is 0 Å². The van der Waals surface area contributed by atoms with Gasteiger partial charge in [-0.15, -0.1) is 0 Å². The van der Waals surface area contributed by atoms with Crippen molar-refractivity contribution in [3.8, 4) is 0 Å². The Kier molecular flexibility index (Phi) is 6.46. The van der Waals surface area contributed by atoms with Gasteiger partial charge in [0.15, 0.2) is 0 Å². The van der Waals surface area contributed by atoms with Crippen LogP contribution in [-0.2, 0) is 22.6 Å². The minimum Gasteiger partial charge on any atom is -0.359 e. The van der Waals surface area contributed by atoms with E-state index in [2.05, 4.69) is 64.4 Å². The molecule has 1 aromatic heterocycles. The van der Waals surface area contributed by atoms with Crippen LogP contribution in [0.15, 0.2) is 48.8 Å². The van der Waals surface area contributed by atoms with Crippen LogP contribution in [0.4, 0.5) is 0 Å². The second kappa shape index (κ2) is 9.25. The first-order valence-corrected chi connectivity index (χ1v) is 10.8. The Balaban J connectivity index is 1.31. The first-order valence-electron chi connectivity index (χ1n) is 10.8. The number of ether oxygens (including phenoxy) is 1. The Morgan fingerprint density at radius 2 is 1.97 bits per heavy atom. The number of aromatic nitrogens is 1. The molecule has 1 atom stereocenters. The van der Waals surface area contributed by atoms with Crippen LogP contribution in [0.25, 0.3) is 0 Å². The maximum Gasteiger partial charge on any atom is 0.250 e. The molecule has 1 spiro atoms. The number of benzene rings is 1. The van der Waals surface area contributed by atoms with E-state index in [9.17, 15) is 4.79 Å². The van der Waals surface area contributed by atoms with Crippen LogP contribution in [-0.4, -0.2) is 65.6 Å². The van der Waals surface area contributed by atoms with Crippen molar-refractivity contribution in [2.24, 2.45) is 0 Å². The zero-order chi connectivity index (χ0) is 21.0. The van der Waals surface area contributed by atoms with Gasteiger partial charge in [-0.1, -0.05) is 35.9 Å². The molecule has 6 nitrogen and oxygen atoms in total. The van der Waals surface area contributed by atoms with E-state index in [0.29, 0.717) is 13.1 Å². The van der Waals surface area contributed by atoms with Crippen LogP contribution in [0.2, 0.25) is 0 Å². The molecule has 6 heteroatoms. The summed E-state index contributed by atoms with van der Waals surface area (Å²) in [5, 5.41) is 3.06. The second-order valence-corrected chi connectivity index (χ2v) is 8.83. The normalized spacial score (nSPS) is 22.1. The van der Waals surface area contributed by atoms with E-state index < -0.39 is 6.10 Å². The van der Waals surface area contributed by atoms with Crippen molar-refractivity contribution in [1.29, 1.82) is 0 Å². The fourth-order valence-corrected chi connectivity index (χ4v) is 4.51. The van der Waals surface area contributed by atoms with Gasteiger partial charge in [-0.05, 0) is 44.0 Å². The van der Waals surface area contributed by atoms with Gasteiger partial charge in [0.2, 0.25) is 0 Å². The third-order valence-electron chi connectivity index (χ3n) is 6.20. The van der Waals surface area contributed by atoms with Crippen molar-refractivity contribution in [3.63, 3.8) is 0 Å². The van der Waals surface area contributed by atoms with Gasteiger partial charge in [-0.25, -0.2) is 0 Å². The largest absolute Gasteiger partial charge is 0.359 e. The maximum atomic E-state index is 12.8. The van der Waals surface area contributed by atoms with Crippen molar-refractivity contribution < 1.29 is 9.53 Å². The fourth-order valence-electron chi connectivity index (χ4n) is 4.51. The topological polar surface area (TPSA) is 57.7 Å². The molecule has 1 N–H and O–H groups in total. The quantitative estimate of drug-likeness (QED) is 0.823. The average Bonchev–Trinajstić information content (AvgIpc) is 2.75. The van der Waals surface area contributed by atoms with Crippen molar-refractivity contribution in [2.75, 3.05) is 33.2 Å². The number of aryl methyl sites for hydroxylation is 1. The lowest BCUT2D eigenvalue weighted by molar-refractivity contribution is -0.182. The molecule has 2 aromatic rings. The summed E-state index contributed by atoms with van der Waals surface area (Å²) >= 11 is 0. The Bertz CT molecular complexity index is 832. The van der Waals surface area contributed by atoms with E-state index in [0.717, 1.165) is 44.6 Å². The highest BCUT2D eigenvalue weighted by Gasteiger charge is 2.43.